The van der Waals surface area contributed by atoms with Gasteiger partial charge in [0.25, 0.3) is 11.6 Å². The number of carbonyl (C=O) groups excluding carboxylic acids is 1. The number of nitro groups is 1. The molecule has 0 unspecified atom stereocenters. The number of nitro benzene ring substituents is 1. The van der Waals surface area contributed by atoms with Crippen LogP contribution < -0.4 is 5.32 Å². The van der Waals surface area contributed by atoms with Crippen molar-refractivity contribution in [3.63, 3.8) is 0 Å². The second kappa shape index (κ2) is 6.65. The standard InChI is InChI=1S/C19H14N4O3S/c1-12-9-14(23(25)26)7-8-15(12)20-18(24)17-11-27-19-21-16(10-22(17)19)13-5-3-2-4-6-13/h2-11H,1H3,(H,20,24). The van der Waals surface area contributed by atoms with Gasteiger partial charge in [-0.05, 0) is 18.6 Å². The number of nitrogens with one attached hydrogen (secondary N) is 1. The second-order valence-electron chi connectivity index (χ2n) is 5.98. The maximum Gasteiger partial charge on any atom is 0.273 e. The Bertz CT molecular complexity index is 1160. The van der Waals surface area contributed by atoms with Crippen LogP contribution >= 0.6 is 11.3 Å². The topological polar surface area (TPSA) is 89.5 Å². The van der Waals surface area contributed by atoms with Crippen LogP contribution in [0.1, 0.15) is 16.1 Å². The maximum atomic E-state index is 12.7. The van der Waals surface area contributed by atoms with Gasteiger partial charge in [0.05, 0.1) is 10.6 Å². The molecule has 2 aromatic carbocycles. The molecule has 0 aliphatic carbocycles. The summed E-state index contributed by atoms with van der Waals surface area (Å²) in [7, 11) is 0. The zero-order chi connectivity index (χ0) is 19.0. The Morgan fingerprint density at radius 1 is 1.22 bits per heavy atom. The lowest BCUT2D eigenvalue weighted by Gasteiger charge is -2.07. The number of hydrogen-bond donors (Lipinski definition) is 1. The molecule has 7 nitrogen and oxygen atoms in total. The number of aromatic nitrogens is 2. The monoisotopic (exact) mass is 378 g/mol. The third-order valence-electron chi connectivity index (χ3n) is 4.18. The molecule has 0 aliphatic heterocycles. The number of aryl methyl sites for hydroxylation is 1. The van der Waals surface area contributed by atoms with Crippen LogP contribution in [0.5, 0.6) is 0 Å². The van der Waals surface area contributed by atoms with Crippen LogP contribution in [0, 0.1) is 17.0 Å². The lowest BCUT2D eigenvalue weighted by molar-refractivity contribution is -0.384. The summed E-state index contributed by atoms with van der Waals surface area (Å²) in [6.07, 6.45) is 1.83. The molecule has 0 fully saturated rings. The Balaban J connectivity index is 1.63. The third-order valence-corrected chi connectivity index (χ3v) is 5.02. The second-order valence-corrected chi connectivity index (χ2v) is 6.81. The van der Waals surface area contributed by atoms with Crippen LogP contribution in [0.25, 0.3) is 16.2 Å². The molecule has 0 atom stereocenters. The van der Waals surface area contributed by atoms with E-state index in [0.29, 0.717) is 16.9 Å². The molecule has 0 saturated heterocycles. The van der Waals surface area contributed by atoms with E-state index in [1.165, 1.54) is 29.5 Å². The third kappa shape index (κ3) is 3.18. The van der Waals surface area contributed by atoms with Crippen molar-refractivity contribution in [2.45, 2.75) is 6.92 Å². The normalized spacial score (nSPS) is 10.9. The average Bonchev–Trinajstić information content (AvgIpc) is 3.24. The zero-order valence-electron chi connectivity index (χ0n) is 14.2. The Morgan fingerprint density at radius 3 is 2.70 bits per heavy atom. The number of benzene rings is 2. The fraction of sp³-hybridized carbons (Fsp3) is 0.0526. The van der Waals surface area contributed by atoms with E-state index in [0.717, 1.165) is 16.2 Å². The number of thiazole rings is 1. The van der Waals surface area contributed by atoms with E-state index in [-0.39, 0.29) is 11.6 Å². The number of non-ortho nitro benzene ring substituents is 1. The van der Waals surface area contributed by atoms with Crippen molar-refractivity contribution in [1.29, 1.82) is 0 Å². The number of rotatable bonds is 4. The maximum absolute atomic E-state index is 12.7. The molecule has 27 heavy (non-hydrogen) atoms. The summed E-state index contributed by atoms with van der Waals surface area (Å²) in [5, 5.41) is 15.4. The highest BCUT2D eigenvalue weighted by Crippen LogP contribution is 2.25. The highest BCUT2D eigenvalue weighted by atomic mass is 32.1. The number of anilines is 1. The van der Waals surface area contributed by atoms with E-state index < -0.39 is 4.92 Å². The molecule has 0 spiro atoms. The van der Waals surface area contributed by atoms with Gasteiger partial charge < -0.3 is 5.32 Å². The summed E-state index contributed by atoms with van der Waals surface area (Å²) >= 11 is 1.38. The number of carbonyl (C=O) groups is 1. The van der Waals surface area contributed by atoms with Gasteiger partial charge in [-0.3, -0.25) is 19.3 Å². The lowest BCUT2D eigenvalue weighted by atomic mass is 10.1. The van der Waals surface area contributed by atoms with Gasteiger partial charge in [0.15, 0.2) is 4.96 Å². The molecule has 8 heteroatoms. The van der Waals surface area contributed by atoms with Crippen LogP contribution in [-0.2, 0) is 0 Å². The molecule has 1 N–H and O–H groups in total. The van der Waals surface area contributed by atoms with Gasteiger partial charge in [-0.1, -0.05) is 30.3 Å². The highest BCUT2D eigenvalue weighted by Gasteiger charge is 2.17. The first-order valence-electron chi connectivity index (χ1n) is 8.11. The van der Waals surface area contributed by atoms with Crippen molar-refractivity contribution in [2.75, 3.05) is 5.32 Å². The van der Waals surface area contributed by atoms with E-state index >= 15 is 0 Å². The molecule has 0 aliphatic rings. The minimum atomic E-state index is -0.461. The quantitative estimate of drug-likeness (QED) is 0.417. The molecule has 4 aromatic rings. The number of hydrogen-bond acceptors (Lipinski definition) is 5. The van der Waals surface area contributed by atoms with Crippen molar-refractivity contribution >= 4 is 33.6 Å². The first-order valence-corrected chi connectivity index (χ1v) is 8.99. The molecule has 1 amide bonds. The zero-order valence-corrected chi connectivity index (χ0v) is 15.1. The summed E-state index contributed by atoms with van der Waals surface area (Å²) in [5.41, 5.74) is 3.38. The number of imidazole rings is 1. The molecule has 2 heterocycles. The number of amides is 1. The molecule has 0 radical (unpaired) electrons. The minimum absolute atomic E-state index is 0.00876. The van der Waals surface area contributed by atoms with Crippen LogP contribution in [0.4, 0.5) is 11.4 Å². The van der Waals surface area contributed by atoms with Crippen LogP contribution in [0.15, 0.2) is 60.1 Å². The highest BCUT2D eigenvalue weighted by molar-refractivity contribution is 7.15. The molecule has 0 saturated carbocycles. The van der Waals surface area contributed by atoms with Gasteiger partial charge >= 0.3 is 0 Å². The molecule has 2 aromatic heterocycles. The SMILES string of the molecule is Cc1cc([N+](=O)[O-])ccc1NC(=O)c1csc2nc(-c3ccccc3)cn12. The van der Waals surface area contributed by atoms with Crippen molar-refractivity contribution in [3.05, 3.63) is 81.5 Å². The Labute approximate surface area is 158 Å². The largest absolute Gasteiger partial charge is 0.320 e. The van der Waals surface area contributed by atoms with Crippen LogP contribution in [0.3, 0.4) is 0 Å². The van der Waals surface area contributed by atoms with Gasteiger partial charge in [-0.2, -0.15) is 0 Å². The summed E-state index contributed by atoms with van der Waals surface area (Å²) < 4.78 is 1.75. The predicted octanol–water partition coefficient (Wildman–Crippen LogP) is 4.53. The van der Waals surface area contributed by atoms with Gasteiger partial charge in [0.2, 0.25) is 0 Å². The van der Waals surface area contributed by atoms with Crippen molar-refractivity contribution in [1.82, 2.24) is 9.38 Å². The van der Waals surface area contributed by atoms with Gasteiger partial charge in [0.1, 0.15) is 5.69 Å². The van der Waals surface area contributed by atoms with Crippen molar-refractivity contribution in [3.8, 4) is 11.3 Å². The van der Waals surface area contributed by atoms with Gasteiger partial charge in [-0.25, -0.2) is 4.98 Å². The Morgan fingerprint density at radius 2 is 2.00 bits per heavy atom. The van der Waals surface area contributed by atoms with E-state index in [4.69, 9.17) is 0 Å². The summed E-state index contributed by atoms with van der Waals surface area (Å²) in [6.45, 7) is 1.72. The first-order chi connectivity index (χ1) is 13.0. The number of nitrogens with zero attached hydrogens (tertiary/aromatic N) is 3. The smallest absolute Gasteiger partial charge is 0.273 e. The van der Waals surface area contributed by atoms with Crippen LogP contribution in [0.2, 0.25) is 0 Å². The minimum Gasteiger partial charge on any atom is -0.320 e. The Kier molecular flexibility index (Phi) is 4.17. The van der Waals surface area contributed by atoms with E-state index in [1.54, 1.807) is 16.7 Å². The van der Waals surface area contributed by atoms with Gasteiger partial charge in [0, 0.05) is 35.0 Å². The molecule has 0 bridgehead atoms. The molecule has 4 rings (SSSR count). The molecular formula is C19H14N4O3S. The van der Waals surface area contributed by atoms with E-state index in [9.17, 15) is 14.9 Å². The summed E-state index contributed by atoms with van der Waals surface area (Å²) in [4.78, 5) is 28.4. The van der Waals surface area contributed by atoms with Crippen molar-refractivity contribution < 1.29 is 9.72 Å². The fourth-order valence-corrected chi connectivity index (χ4v) is 3.64. The van der Waals surface area contributed by atoms with Crippen LogP contribution in [-0.4, -0.2) is 20.2 Å². The summed E-state index contributed by atoms with van der Waals surface area (Å²) in [6, 6.07) is 14.1. The fourth-order valence-electron chi connectivity index (χ4n) is 2.78. The van der Waals surface area contributed by atoms with E-state index in [2.05, 4.69) is 10.3 Å². The molecule has 134 valence electrons. The average molecular weight is 378 g/mol. The molecular weight excluding hydrogens is 364 g/mol. The van der Waals surface area contributed by atoms with Crippen molar-refractivity contribution in [2.24, 2.45) is 0 Å². The van der Waals surface area contributed by atoms with E-state index in [1.807, 2.05) is 36.5 Å². The number of fused-ring (bicyclic) bond motifs is 1. The first kappa shape index (κ1) is 16.9. The predicted molar refractivity (Wildman–Crippen MR) is 104 cm³/mol. The Hall–Kier alpha value is -3.52. The lowest BCUT2D eigenvalue weighted by Crippen LogP contribution is -2.14. The van der Waals surface area contributed by atoms with Gasteiger partial charge in [-0.15, -0.1) is 11.3 Å². The summed E-state index contributed by atoms with van der Waals surface area (Å²) in [5.74, 6) is -0.296.